The van der Waals surface area contributed by atoms with E-state index < -0.39 is 10.0 Å². The van der Waals surface area contributed by atoms with Crippen LogP contribution in [0, 0.1) is 6.92 Å². The monoisotopic (exact) mass is 316 g/mol. The van der Waals surface area contributed by atoms with Gasteiger partial charge in [0.15, 0.2) is 0 Å². The first kappa shape index (κ1) is 14.1. The van der Waals surface area contributed by atoms with E-state index in [1.807, 2.05) is 33.0 Å². The maximum absolute atomic E-state index is 12.4. The third-order valence-electron chi connectivity index (χ3n) is 3.05. The number of sulfonamides is 1. The van der Waals surface area contributed by atoms with Crippen LogP contribution in [0.2, 0.25) is 0 Å². The van der Waals surface area contributed by atoms with E-state index in [4.69, 9.17) is 0 Å². The molecule has 1 aromatic heterocycles. The number of nitrogens with zero attached hydrogens (tertiary/aromatic N) is 1. The van der Waals surface area contributed by atoms with E-state index in [1.54, 1.807) is 35.6 Å². The topological polar surface area (TPSA) is 59.1 Å². The smallest absolute Gasteiger partial charge is 0.261 e. The molecule has 0 atom stereocenters. The molecule has 0 bridgehead atoms. The Morgan fingerprint density at radius 2 is 2.00 bits per heavy atom. The number of benzene rings is 2. The fraction of sp³-hybridized carbons (Fsp3) is 0.0714. The fourth-order valence-electron chi connectivity index (χ4n) is 2.10. The van der Waals surface area contributed by atoms with E-state index >= 15 is 0 Å². The van der Waals surface area contributed by atoms with E-state index in [1.165, 1.54) is 0 Å². The van der Waals surface area contributed by atoms with E-state index in [0.29, 0.717) is 5.69 Å². The lowest BCUT2D eigenvalue weighted by Crippen LogP contribution is -2.15. The van der Waals surface area contributed by atoms with Gasteiger partial charge in [0.25, 0.3) is 10.0 Å². The molecule has 0 fully saturated rings. The summed E-state index contributed by atoms with van der Waals surface area (Å²) in [5.74, 6) is 0. The minimum absolute atomic E-state index is 0.267. The molecule has 3 rings (SSSR count). The van der Waals surface area contributed by atoms with Crippen molar-refractivity contribution in [3.05, 3.63) is 47.5 Å². The molecule has 106 valence electrons. The van der Waals surface area contributed by atoms with E-state index in [-0.39, 0.29) is 4.90 Å². The van der Waals surface area contributed by atoms with E-state index in [9.17, 15) is 8.42 Å². The Morgan fingerprint density at radius 3 is 2.76 bits per heavy atom. The van der Waals surface area contributed by atoms with E-state index in [2.05, 4.69) is 9.71 Å². The molecule has 0 aliphatic heterocycles. The Morgan fingerprint density at radius 1 is 1.19 bits per heavy atom. The van der Waals surface area contributed by atoms with Crippen molar-refractivity contribution in [1.29, 1.82) is 0 Å². The Labute approximate surface area is 128 Å². The van der Waals surface area contributed by atoms with Crippen LogP contribution in [0.3, 0.4) is 0 Å². The van der Waals surface area contributed by atoms with Crippen LogP contribution < -0.4 is 10.2 Å². The summed E-state index contributed by atoms with van der Waals surface area (Å²) < 4.78 is 28.3. The molecule has 0 saturated carbocycles. The van der Waals surface area contributed by atoms with Gasteiger partial charge < -0.3 is 0 Å². The number of fused-ring (bicyclic) bond motifs is 1. The second-order valence-corrected chi connectivity index (χ2v) is 7.75. The molecule has 2 aromatic carbocycles. The molecule has 21 heavy (non-hydrogen) atoms. The van der Waals surface area contributed by atoms with Crippen LogP contribution in [0.1, 0.15) is 5.01 Å². The summed E-state index contributed by atoms with van der Waals surface area (Å²) in [6.45, 7) is 1.93. The van der Waals surface area contributed by atoms with Crippen molar-refractivity contribution in [1.82, 2.24) is 4.98 Å². The average molecular weight is 316 g/mol. The van der Waals surface area contributed by atoms with Gasteiger partial charge in [-0.25, -0.2) is 13.4 Å². The lowest BCUT2D eigenvalue weighted by atomic mass is 9.97. The van der Waals surface area contributed by atoms with Crippen LogP contribution >= 0.6 is 11.3 Å². The van der Waals surface area contributed by atoms with Crippen LogP contribution in [0.25, 0.3) is 10.2 Å². The molecule has 4 nitrogen and oxygen atoms in total. The first-order valence-electron chi connectivity index (χ1n) is 6.41. The minimum atomic E-state index is -3.56. The Bertz CT molecular complexity index is 920. The Hall–Kier alpha value is -1.86. The largest absolute Gasteiger partial charge is 0.280 e. The molecule has 0 saturated heterocycles. The second kappa shape index (κ2) is 5.16. The fourth-order valence-corrected chi connectivity index (χ4v) is 4.12. The highest BCUT2D eigenvalue weighted by molar-refractivity contribution is 7.92. The zero-order chi connectivity index (χ0) is 15.0. The second-order valence-electron chi connectivity index (χ2n) is 4.84. The lowest BCUT2D eigenvalue weighted by molar-refractivity contribution is 0.601. The van der Waals surface area contributed by atoms with Crippen molar-refractivity contribution in [2.75, 3.05) is 4.72 Å². The zero-order valence-electron chi connectivity index (χ0n) is 11.6. The molecular weight excluding hydrogens is 303 g/mol. The van der Waals surface area contributed by atoms with Gasteiger partial charge >= 0.3 is 0 Å². The van der Waals surface area contributed by atoms with Crippen LogP contribution in [-0.4, -0.2) is 21.2 Å². The third kappa shape index (κ3) is 2.93. The number of nitrogens with one attached hydrogen (secondary N) is 1. The molecule has 0 aliphatic carbocycles. The summed E-state index contributed by atoms with van der Waals surface area (Å²) in [6, 6.07) is 12.2. The van der Waals surface area contributed by atoms with Gasteiger partial charge in [-0.3, -0.25) is 4.72 Å². The molecule has 3 aromatic rings. The van der Waals surface area contributed by atoms with Gasteiger partial charge in [0.1, 0.15) is 7.85 Å². The first-order chi connectivity index (χ1) is 9.94. The summed E-state index contributed by atoms with van der Waals surface area (Å²) >= 11 is 1.54. The van der Waals surface area contributed by atoms with Gasteiger partial charge in [-0.05, 0) is 37.3 Å². The number of hydrogen-bond acceptors (Lipinski definition) is 4. The predicted molar refractivity (Wildman–Crippen MR) is 89.8 cm³/mol. The highest BCUT2D eigenvalue weighted by Gasteiger charge is 2.14. The molecule has 1 heterocycles. The Kier molecular flexibility index (Phi) is 3.47. The van der Waals surface area contributed by atoms with E-state index in [0.717, 1.165) is 20.7 Å². The van der Waals surface area contributed by atoms with Crippen molar-refractivity contribution >= 4 is 50.6 Å². The van der Waals surface area contributed by atoms with Gasteiger partial charge in [-0.1, -0.05) is 17.6 Å². The number of thiazole rings is 1. The highest BCUT2D eigenvalue weighted by Crippen LogP contribution is 2.26. The highest BCUT2D eigenvalue weighted by atomic mass is 32.2. The van der Waals surface area contributed by atoms with Crippen molar-refractivity contribution in [3.8, 4) is 0 Å². The van der Waals surface area contributed by atoms with Gasteiger partial charge in [0, 0.05) is 0 Å². The van der Waals surface area contributed by atoms with Crippen molar-refractivity contribution < 1.29 is 8.42 Å². The quantitative estimate of drug-likeness (QED) is 0.748. The number of hydrogen-bond donors (Lipinski definition) is 1. The SMILES string of the molecule is Bc1cccc(S(=O)(=O)Nc2ccc3nc(C)sc3c2)c1. The predicted octanol–water partition coefficient (Wildman–Crippen LogP) is 1.66. The summed E-state index contributed by atoms with van der Waals surface area (Å²) in [5.41, 5.74) is 2.34. The Balaban J connectivity index is 1.96. The van der Waals surface area contributed by atoms with Crippen LogP contribution in [0.15, 0.2) is 47.4 Å². The normalized spacial score (nSPS) is 11.7. The molecule has 0 unspecified atom stereocenters. The third-order valence-corrected chi connectivity index (χ3v) is 5.36. The first-order valence-corrected chi connectivity index (χ1v) is 8.71. The molecule has 0 radical (unpaired) electrons. The summed E-state index contributed by atoms with van der Waals surface area (Å²) in [7, 11) is -1.70. The molecule has 7 heteroatoms. The van der Waals surface area contributed by atoms with Gasteiger partial charge in [-0.15, -0.1) is 11.3 Å². The van der Waals surface area contributed by atoms with Crippen molar-refractivity contribution in [2.24, 2.45) is 0 Å². The van der Waals surface area contributed by atoms with Gasteiger partial charge in [-0.2, -0.15) is 0 Å². The molecule has 0 aliphatic rings. The molecule has 0 spiro atoms. The van der Waals surface area contributed by atoms with Crippen molar-refractivity contribution in [2.45, 2.75) is 11.8 Å². The van der Waals surface area contributed by atoms with Gasteiger partial charge in [0.05, 0.1) is 25.8 Å². The van der Waals surface area contributed by atoms with Crippen LogP contribution in [-0.2, 0) is 10.0 Å². The minimum Gasteiger partial charge on any atom is -0.280 e. The summed E-state index contributed by atoms with van der Waals surface area (Å²) in [6.07, 6.45) is 0. The van der Waals surface area contributed by atoms with Crippen molar-refractivity contribution in [3.63, 3.8) is 0 Å². The lowest BCUT2D eigenvalue weighted by Gasteiger charge is -2.08. The maximum atomic E-state index is 12.4. The molecular formula is C14H13BN2O2S2. The zero-order valence-corrected chi connectivity index (χ0v) is 13.3. The van der Waals surface area contributed by atoms with Crippen LogP contribution in [0.5, 0.6) is 0 Å². The molecule has 0 amide bonds. The summed E-state index contributed by atoms with van der Waals surface area (Å²) in [5, 5.41) is 0.962. The van der Waals surface area contributed by atoms with Crippen LogP contribution in [0.4, 0.5) is 5.69 Å². The average Bonchev–Trinajstić information content (AvgIpc) is 2.77. The number of aryl methyl sites for hydroxylation is 1. The number of aromatic nitrogens is 1. The van der Waals surface area contributed by atoms with Gasteiger partial charge in [0.2, 0.25) is 0 Å². The number of rotatable bonds is 3. The maximum Gasteiger partial charge on any atom is 0.261 e. The number of anilines is 1. The summed E-state index contributed by atoms with van der Waals surface area (Å²) in [4.78, 5) is 4.63. The molecule has 1 N–H and O–H groups in total. The standard InChI is InChI=1S/C14H13BN2O2S2/c1-9-16-13-6-5-11(8-14(13)20-9)17-21(18,19)12-4-2-3-10(15)7-12/h2-8,17H,15H2,1H3.